The van der Waals surface area contributed by atoms with Gasteiger partial charge in [-0.05, 0) is 27.2 Å². The van der Waals surface area contributed by atoms with Crippen molar-refractivity contribution in [1.82, 2.24) is 5.32 Å². The molecule has 0 bridgehead atoms. The van der Waals surface area contributed by atoms with Gasteiger partial charge in [0.05, 0.1) is 6.61 Å². The number of Topliss-reactive ketones (excluding diaryl/α,β-unsaturated/α-hetero) is 1. The molecule has 5 heteroatoms. The van der Waals surface area contributed by atoms with Gasteiger partial charge in [0.25, 0.3) is 0 Å². The number of alkyl carbamates (subject to hydrolysis) is 1. The number of ketones is 1. The summed E-state index contributed by atoms with van der Waals surface area (Å²) in [5, 5.41) is 11.4. The molecule has 98 valence electrons. The third-order valence-electron chi connectivity index (χ3n) is 1.86. The highest BCUT2D eigenvalue weighted by Gasteiger charge is 2.22. The monoisotopic (exact) mass is 243 g/mol. The molecule has 0 aliphatic carbocycles. The second-order valence-corrected chi connectivity index (χ2v) is 4.68. The molecule has 0 saturated heterocycles. The van der Waals surface area contributed by atoms with Crippen molar-refractivity contribution in [3.63, 3.8) is 0 Å². The first-order chi connectivity index (χ1) is 7.80. The van der Waals surface area contributed by atoms with Crippen LogP contribution in [0.15, 0.2) is 12.7 Å². The molecule has 1 atom stereocenters. The summed E-state index contributed by atoms with van der Waals surface area (Å²) in [5.41, 5.74) is -0.631. The van der Waals surface area contributed by atoms with Crippen LogP contribution in [0.25, 0.3) is 0 Å². The van der Waals surface area contributed by atoms with Crippen molar-refractivity contribution >= 4 is 11.9 Å². The van der Waals surface area contributed by atoms with Gasteiger partial charge in [-0.25, -0.2) is 4.79 Å². The second kappa shape index (κ2) is 7.06. The van der Waals surface area contributed by atoms with Crippen LogP contribution in [-0.2, 0) is 9.53 Å². The lowest BCUT2D eigenvalue weighted by Crippen LogP contribution is -2.45. The predicted octanol–water partition coefficient (Wildman–Crippen LogP) is 1.41. The molecule has 0 heterocycles. The molecule has 5 nitrogen and oxygen atoms in total. The van der Waals surface area contributed by atoms with Crippen molar-refractivity contribution < 1.29 is 19.4 Å². The summed E-state index contributed by atoms with van der Waals surface area (Å²) >= 11 is 0. The zero-order chi connectivity index (χ0) is 13.5. The van der Waals surface area contributed by atoms with Crippen molar-refractivity contribution in [1.29, 1.82) is 0 Å². The van der Waals surface area contributed by atoms with E-state index in [2.05, 4.69) is 11.9 Å². The van der Waals surface area contributed by atoms with E-state index in [4.69, 9.17) is 9.84 Å². The van der Waals surface area contributed by atoms with Crippen molar-refractivity contribution in [2.75, 3.05) is 6.61 Å². The number of allylic oxidation sites excluding steroid dienone is 1. The highest BCUT2D eigenvalue weighted by molar-refractivity contribution is 5.87. The largest absolute Gasteiger partial charge is 0.444 e. The molecule has 0 aliphatic rings. The number of aliphatic hydroxyl groups is 1. The van der Waals surface area contributed by atoms with Gasteiger partial charge < -0.3 is 15.2 Å². The number of hydrogen-bond donors (Lipinski definition) is 2. The van der Waals surface area contributed by atoms with Gasteiger partial charge in [0.2, 0.25) is 0 Å². The van der Waals surface area contributed by atoms with Crippen LogP contribution in [0, 0.1) is 0 Å². The highest BCUT2D eigenvalue weighted by Crippen LogP contribution is 2.07. The Morgan fingerprint density at radius 1 is 1.47 bits per heavy atom. The standard InChI is InChI=1S/C12H21NO4/c1-5-6-7-10(15)9(8-14)13-11(16)17-12(2,3)4/h5,9,14H,1,6-8H2,2-4H3,(H,13,16). The van der Waals surface area contributed by atoms with Gasteiger partial charge in [-0.1, -0.05) is 6.08 Å². The minimum atomic E-state index is -0.912. The fraction of sp³-hybridized carbons (Fsp3) is 0.667. The van der Waals surface area contributed by atoms with Crippen LogP contribution in [0.4, 0.5) is 4.79 Å². The summed E-state index contributed by atoms with van der Waals surface area (Å²) in [6.07, 6.45) is 1.67. The van der Waals surface area contributed by atoms with Crippen LogP contribution in [0.3, 0.4) is 0 Å². The van der Waals surface area contributed by atoms with E-state index in [0.29, 0.717) is 6.42 Å². The number of ether oxygens (including phenoxy) is 1. The van der Waals surface area contributed by atoms with Gasteiger partial charge in [0.1, 0.15) is 11.6 Å². The van der Waals surface area contributed by atoms with E-state index >= 15 is 0 Å². The first-order valence-electron chi connectivity index (χ1n) is 5.54. The van der Waals surface area contributed by atoms with Crippen molar-refractivity contribution in [3.05, 3.63) is 12.7 Å². The average Bonchev–Trinajstić information content (AvgIpc) is 2.19. The van der Waals surface area contributed by atoms with Crippen LogP contribution in [0.5, 0.6) is 0 Å². The fourth-order valence-electron chi connectivity index (χ4n) is 1.10. The smallest absolute Gasteiger partial charge is 0.408 e. The topological polar surface area (TPSA) is 75.6 Å². The molecule has 0 spiro atoms. The molecule has 0 rings (SSSR count). The Kier molecular flexibility index (Phi) is 6.50. The Morgan fingerprint density at radius 3 is 2.47 bits per heavy atom. The fourth-order valence-corrected chi connectivity index (χ4v) is 1.10. The Labute approximate surface area is 102 Å². The SMILES string of the molecule is C=CCCC(=O)C(CO)NC(=O)OC(C)(C)C. The molecule has 0 fully saturated rings. The maximum Gasteiger partial charge on any atom is 0.408 e. The summed E-state index contributed by atoms with van der Waals surface area (Å²) < 4.78 is 4.99. The summed E-state index contributed by atoms with van der Waals surface area (Å²) in [6.45, 7) is 8.23. The lowest BCUT2D eigenvalue weighted by atomic mass is 10.1. The molecular weight excluding hydrogens is 222 g/mol. The molecule has 0 radical (unpaired) electrons. The van der Waals surface area contributed by atoms with E-state index in [9.17, 15) is 9.59 Å². The molecule has 1 unspecified atom stereocenters. The van der Waals surface area contributed by atoms with E-state index in [-0.39, 0.29) is 12.2 Å². The van der Waals surface area contributed by atoms with Crippen LogP contribution in [0.2, 0.25) is 0 Å². The van der Waals surface area contributed by atoms with E-state index in [1.54, 1.807) is 26.8 Å². The van der Waals surface area contributed by atoms with Gasteiger partial charge in [0.15, 0.2) is 5.78 Å². The normalized spacial score (nSPS) is 12.7. The minimum Gasteiger partial charge on any atom is -0.444 e. The maximum atomic E-state index is 11.6. The van der Waals surface area contributed by atoms with Gasteiger partial charge in [0, 0.05) is 6.42 Å². The Bertz CT molecular complexity index is 281. The third kappa shape index (κ3) is 7.52. The number of carbonyl (C=O) groups is 2. The van der Waals surface area contributed by atoms with Crippen LogP contribution in [-0.4, -0.2) is 35.2 Å². The number of hydrogen-bond acceptors (Lipinski definition) is 4. The second-order valence-electron chi connectivity index (χ2n) is 4.68. The lowest BCUT2D eigenvalue weighted by molar-refractivity contribution is -0.121. The maximum absolute atomic E-state index is 11.6. The number of carbonyl (C=O) groups excluding carboxylic acids is 2. The number of nitrogens with one attached hydrogen (secondary N) is 1. The third-order valence-corrected chi connectivity index (χ3v) is 1.86. The van der Waals surface area contributed by atoms with Crippen LogP contribution >= 0.6 is 0 Å². The molecule has 0 aliphatic heterocycles. The van der Waals surface area contributed by atoms with E-state index < -0.39 is 24.3 Å². The van der Waals surface area contributed by atoms with Crippen molar-refractivity contribution in [2.45, 2.75) is 45.3 Å². The van der Waals surface area contributed by atoms with E-state index in [1.807, 2.05) is 0 Å². The van der Waals surface area contributed by atoms with Crippen molar-refractivity contribution in [2.24, 2.45) is 0 Å². The predicted molar refractivity (Wildman–Crippen MR) is 64.7 cm³/mol. The molecule has 17 heavy (non-hydrogen) atoms. The Balaban J connectivity index is 4.25. The first kappa shape index (κ1) is 15.6. The first-order valence-corrected chi connectivity index (χ1v) is 5.54. The summed E-state index contributed by atoms with van der Waals surface area (Å²) in [4.78, 5) is 22.9. The molecule has 1 amide bonds. The zero-order valence-electron chi connectivity index (χ0n) is 10.7. The van der Waals surface area contributed by atoms with Gasteiger partial charge in [-0.2, -0.15) is 0 Å². The summed E-state index contributed by atoms with van der Waals surface area (Å²) in [7, 11) is 0. The molecule has 0 aromatic carbocycles. The summed E-state index contributed by atoms with van der Waals surface area (Å²) in [5.74, 6) is -0.238. The van der Waals surface area contributed by atoms with Gasteiger partial charge in [-0.15, -0.1) is 6.58 Å². The molecule has 0 aromatic rings. The average molecular weight is 243 g/mol. The molecule has 0 aromatic heterocycles. The van der Waals surface area contributed by atoms with Crippen LogP contribution < -0.4 is 5.32 Å². The molecule has 0 saturated carbocycles. The summed E-state index contributed by atoms with van der Waals surface area (Å²) in [6, 6.07) is -0.912. The lowest BCUT2D eigenvalue weighted by Gasteiger charge is -2.22. The number of rotatable bonds is 6. The van der Waals surface area contributed by atoms with E-state index in [1.165, 1.54) is 0 Å². The zero-order valence-corrected chi connectivity index (χ0v) is 10.7. The quantitative estimate of drug-likeness (QED) is 0.691. The highest BCUT2D eigenvalue weighted by atomic mass is 16.6. The molecular formula is C12H21NO4. The number of aliphatic hydroxyl groups excluding tert-OH is 1. The van der Waals surface area contributed by atoms with Gasteiger partial charge in [-0.3, -0.25) is 4.79 Å². The van der Waals surface area contributed by atoms with Crippen LogP contribution in [0.1, 0.15) is 33.6 Å². The Morgan fingerprint density at radius 2 is 2.06 bits per heavy atom. The van der Waals surface area contributed by atoms with Gasteiger partial charge >= 0.3 is 6.09 Å². The minimum absolute atomic E-state index is 0.238. The Hall–Kier alpha value is -1.36. The van der Waals surface area contributed by atoms with E-state index in [0.717, 1.165) is 0 Å². The number of amides is 1. The molecule has 2 N–H and O–H groups in total. The van der Waals surface area contributed by atoms with Crippen molar-refractivity contribution in [3.8, 4) is 0 Å².